The summed E-state index contributed by atoms with van der Waals surface area (Å²) in [7, 11) is 3.68. The molecule has 2 unspecified atom stereocenters. The molecule has 1 aliphatic carbocycles. The number of fused-ring (bicyclic) bond motifs is 1. The minimum Gasteiger partial charge on any atom is -0.347 e. The number of rotatable bonds is 5. The molecule has 0 fully saturated rings. The maximum Gasteiger partial charge on any atom is 0.239 e. The topological polar surface area (TPSA) is 32.3 Å². The first-order chi connectivity index (χ1) is 9.97. The van der Waals surface area contributed by atoms with Gasteiger partial charge in [-0.3, -0.25) is 4.79 Å². The summed E-state index contributed by atoms with van der Waals surface area (Å²) in [6, 6.07) is 9.01. The van der Waals surface area contributed by atoms with Crippen molar-refractivity contribution in [2.45, 2.75) is 51.6 Å². The Balaban J connectivity index is 2.03. The van der Waals surface area contributed by atoms with E-state index >= 15 is 0 Å². The zero-order chi connectivity index (χ0) is 15.4. The second kappa shape index (κ2) is 7.08. The fraction of sp³-hybridized carbons (Fsp3) is 0.611. The van der Waals surface area contributed by atoms with Gasteiger partial charge in [0.1, 0.15) is 0 Å². The molecule has 0 spiro atoms. The lowest BCUT2D eigenvalue weighted by atomic mass is 9.87. The monoisotopic (exact) mass is 288 g/mol. The van der Waals surface area contributed by atoms with Gasteiger partial charge in [-0.1, -0.05) is 38.1 Å². The third-order valence-corrected chi connectivity index (χ3v) is 4.23. The van der Waals surface area contributed by atoms with Crippen molar-refractivity contribution in [3.05, 3.63) is 35.4 Å². The molecule has 0 aliphatic heterocycles. The Kier molecular flexibility index (Phi) is 5.40. The number of hydrogen-bond donors (Lipinski definition) is 1. The average molecular weight is 288 g/mol. The van der Waals surface area contributed by atoms with E-state index in [9.17, 15) is 4.79 Å². The van der Waals surface area contributed by atoms with Crippen LogP contribution in [0.3, 0.4) is 0 Å². The number of likely N-dealkylation sites (N-methyl/N-ethyl adjacent to an activating group) is 1. The van der Waals surface area contributed by atoms with Gasteiger partial charge in [0.25, 0.3) is 0 Å². The zero-order valence-corrected chi connectivity index (χ0v) is 13.7. The molecule has 21 heavy (non-hydrogen) atoms. The number of nitrogens with zero attached hydrogens (tertiary/aromatic N) is 1. The van der Waals surface area contributed by atoms with Crippen LogP contribution < -0.4 is 5.32 Å². The molecule has 0 radical (unpaired) electrons. The highest BCUT2D eigenvalue weighted by molar-refractivity contribution is 5.81. The lowest BCUT2D eigenvalue weighted by Gasteiger charge is -2.31. The summed E-state index contributed by atoms with van der Waals surface area (Å²) in [6.45, 7) is 4.35. The minimum atomic E-state index is -0.0599. The largest absolute Gasteiger partial charge is 0.347 e. The molecule has 1 aliphatic rings. The van der Waals surface area contributed by atoms with Crippen LogP contribution in [0.2, 0.25) is 0 Å². The van der Waals surface area contributed by atoms with E-state index in [1.165, 1.54) is 11.1 Å². The number of amides is 1. The van der Waals surface area contributed by atoms with Gasteiger partial charge in [-0.05, 0) is 42.7 Å². The predicted molar refractivity (Wildman–Crippen MR) is 87.3 cm³/mol. The van der Waals surface area contributed by atoms with Gasteiger partial charge in [-0.2, -0.15) is 0 Å². The van der Waals surface area contributed by atoms with Crippen LogP contribution >= 0.6 is 0 Å². The second-order valence-corrected chi connectivity index (χ2v) is 6.79. The first-order valence-electron chi connectivity index (χ1n) is 8.01. The molecule has 0 saturated carbocycles. The summed E-state index contributed by atoms with van der Waals surface area (Å²) >= 11 is 0. The number of carbonyl (C=O) groups excluding carboxylic acids is 1. The SMILES string of the molecule is CC(C)CC(NC1CCc2ccccc2C1)C(=O)N(C)C. The van der Waals surface area contributed by atoms with Gasteiger partial charge in [-0.25, -0.2) is 0 Å². The van der Waals surface area contributed by atoms with Crippen LogP contribution in [0.4, 0.5) is 0 Å². The molecule has 1 N–H and O–H groups in total. The van der Waals surface area contributed by atoms with Gasteiger partial charge in [0.15, 0.2) is 0 Å². The molecule has 0 heterocycles. The molecule has 116 valence electrons. The normalized spacial score (nSPS) is 19.2. The number of benzene rings is 1. The fourth-order valence-corrected chi connectivity index (χ4v) is 3.15. The fourth-order valence-electron chi connectivity index (χ4n) is 3.15. The van der Waals surface area contributed by atoms with Crippen LogP contribution in [0, 0.1) is 5.92 Å². The van der Waals surface area contributed by atoms with E-state index in [-0.39, 0.29) is 11.9 Å². The van der Waals surface area contributed by atoms with Crippen molar-refractivity contribution in [2.24, 2.45) is 5.92 Å². The van der Waals surface area contributed by atoms with Gasteiger partial charge in [0, 0.05) is 20.1 Å². The van der Waals surface area contributed by atoms with Crippen LogP contribution in [0.25, 0.3) is 0 Å². The smallest absolute Gasteiger partial charge is 0.239 e. The average Bonchev–Trinajstić information content (AvgIpc) is 2.45. The van der Waals surface area contributed by atoms with Gasteiger partial charge in [0.05, 0.1) is 6.04 Å². The maximum absolute atomic E-state index is 12.4. The standard InChI is InChI=1S/C18H28N2O/c1-13(2)11-17(18(21)20(3)4)19-16-10-9-14-7-5-6-8-15(14)12-16/h5-8,13,16-17,19H,9-12H2,1-4H3. The van der Waals surface area contributed by atoms with E-state index in [1.807, 2.05) is 14.1 Å². The number of hydrogen-bond acceptors (Lipinski definition) is 2. The van der Waals surface area contributed by atoms with Crippen molar-refractivity contribution in [1.29, 1.82) is 0 Å². The third-order valence-electron chi connectivity index (χ3n) is 4.23. The molecular weight excluding hydrogens is 260 g/mol. The van der Waals surface area contributed by atoms with E-state index in [0.717, 1.165) is 25.7 Å². The van der Waals surface area contributed by atoms with Gasteiger partial charge in [0.2, 0.25) is 5.91 Å². The van der Waals surface area contributed by atoms with E-state index in [0.29, 0.717) is 12.0 Å². The van der Waals surface area contributed by atoms with Crippen LogP contribution in [0.1, 0.15) is 37.8 Å². The van der Waals surface area contributed by atoms with Crippen LogP contribution in [-0.4, -0.2) is 37.0 Å². The third kappa shape index (κ3) is 4.31. The summed E-state index contributed by atoms with van der Waals surface area (Å²) in [5.74, 6) is 0.713. The first-order valence-corrected chi connectivity index (χ1v) is 8.01. The van der Waals surface area contributed by atoms with Crippen molar-refractivity contribution >= 4 is 5.91 Å². The molecule has 1 aromatic carbocycles. The highest BCUT2D eigenvalue weighted by Crippen LogP contribution is 2.22. The van der Waals surface area contributed by atoms with Crippen LogP contribution in [0.5, 0.6) is 0 Å². The lowest BCUT2D eigenvalue weighted by Crippen LogP contribution is -2.50. The van der Waals surface area contributed by atoms with Crippen molar-refractivity contribution in [3.63, 3.8) is 0 Å². The van der Waals surface area contributed by atoms with Crippen molar-refractivity contribution < 1.29 is 4.79 Å². The van der Waals surface area contributed by atoms with Crippen LogP contribution in [0.15, 0.2) is 24.3 Å². The molecule has 3 heteroatoms. The quantitative estimate of drug-likeness (QED) is 0.903. The highest BCUT2D eigenvalue weighted by Gasteiger charge is 2.26. The Morgan fingerprint density at radius 3 is 2.57 bits per heavy atom. The molecular formula is C18H28N2O. The summed E-state index contributed by atoms with van der Waals surface area (Å²) in [5.41, 5.74) is 2.90. The van der Waals surface area contributed by atoms with Crippen LogP contribution in [-0.2, 0) is 17.6 Å². The Morgan fingerprint density at radius 1 is 1.29 bits per heavy atom. The molecule has 0 aromatic heterocycles. The van der Waals surface area contributed by atoms with E-state index in [1.54, 1.807) is 4.90 Å². The molecule has 0 bridgehead atoms. The second-order valence-electron chi connectivity index (χ2n) is 6.79. The molecule has 0 saturated heterocycles. The van der Waals surface area contributed by atoms with Gasteiger partial charge < -0.3 is 10.2 Å². The zero-order valence-electron chi connectivity index (χ0n) is 13.7. The molecule has 3 nitrogen and oxygen atoms in total. The Hall–Kier alpha value is -1.35. The van der Waals surface area contributed by atoms with Crippen molar-refractivity contribution in [1.82, 2.24) is 10.2 Å². The summed E-state index contributed by atoms with van der Waals surface area (Å²) in [4.78, 5) is 14.1. The Morgan fingerprint density at radius 2 is 1.95 bits per heavy atom. The molecule has 1 amide bonds. The Labute approximate surface area is 128 Å². The summed E-state index contributed by atoms with van der Waals surface area (Å²) < 4.78 is 0. The van der Waals surface area contributed by atoms with Gasteiger partial charge in [-0.15, -0.1) is 0 Å². The lowest BCUT2D eigenvalue weighted by molar-refractivity contribution is -0.131. The number of carbonyl (C=O) groups is 1. The summed E-state index contributed by atoms with van der Waals surface area (Å²) in [5, 5.41) is 3.62. The van der Waals surface area contributed by atoms with E-state index in [2.05, 4.69) is 43.4 Å². The highest BCUT2D eigenvalue weighted by atomic mass is 16.2. The molecule has 2 atom stereocenters. The van der Waals surface area contributed by atoms with E-state index < -0.39 is 0 Å². The molecule has 2 rings (SSSR count). The van der Waals surface area contributed by atoms with Gasteiger partial charge >= 0.3 is 0 Å². The van der Waals surface area contributed by atoms with E-state index in [4.69, 9.17) is 0 Å². The minimum absolute atomic E-state index is 0.0599. The molecule has 1 aromatic rings. The predicted octanol–water partition coefficient (Wildman–Crippen LogP) is 2.64. The van der Waals surface area contributed by atoms with Crippen molar-refractivity contribution in [3.8, 4) is 0 Å². The number of aryl methyl sites for hydroxylation is 1. The number of nitrogens with one attached hydrogen (secondary N) is 1. The maximum atomic E-state index is 12.4. The Bertz CT molecular complexity index is 482. The van der Waals surface area contributed by atoms with Crippen molar-refractivity contribution in [2.75, 3.05) is 14.1 Å². The first kappa shape index (κ1) is 16.0. The summed E-state index contributed by atoms with van der Waals surface area (Å²) in [6.07, 6.45) is 4.16.